The number of halogens is 3. The number of aromatic nitrogens is 3. The zero-order chi connectivity index (χ0) is 22.5. The molecular formula is C23H26F3N5O2. The molecule has 0 aromatic carbocycles. The van der Waals surface area contributed by atoms with Crippen LogP contribution in [0.2, 0.25) is 0 Å². The summed E-state index contributed by atoms with van der Waals surface area (Å²) in [7, 11) is 0. The van der Waals surface area contributed by atoms with Gasteiger partial charge in [-0.3, -0.25) is 9.58 Å². The largest absolute Gasteiger partial charge is 0.573 e. The summed E-state index contributed by atoms with van der Waals surface area (Å²) in [6.45, 7) is 4.49. The van der Waals surface area contributed by atoms with E-state index >= 15 is 0 Å². The number of alkyl halides is 3. The van der Waals surface area contributed by atoms with Crippen molar-refractivity contribution >= 4 is 5.82 Å². The minimum Gasteiger partial charge on any atom is -0.402 e. The zero-order valence-corrected chi connectivity index (χ0v) is 18.1. The Balaban J connectivity index is 1.21. The van der Waals surface area contributed by atoms with Crippen molar-refractivity contribution in [1.29, 1.82) is 0 Å². The van der Waals surface area contributed by atoms with E-state index in [0.717, 1.165) is 38.8 Å². The minimum absolute atomic E-state index is 0.204. The first kappa shape index (κ1) is 20.1. The van der Waals surface area contributed by atoms with Gasteiger partial charge in [0.15, 0.2) is 11.6 Å². The van der Waals surface area contributed by atoms with Crippen LogP contribution in [0, 0.1) is 23.7 Å². The summed E-state index contributed by atoms with van der Waals surface area (Å²) in [4.78, 5) is 6.54. The van der Waals surface area contributed by atoms with E-state index in [9.17, 15) is 13.2 Å². The molecule has 8 rings (SSSR count). The molecule has 5 aliphatic carbocycles. The lowest BCUT2D eigenvalue weighted by Crippen LogP contribution is -2.43. The van der Waals surface area contributed by atoms with E-state index in [1.54, 1.807) is 0 Å². The van der Waals surface area contributed by atoms with Crippen molar-refractivity contribution in [1.82, 2.24) is 19.7 Å². The number of fused-ring (bicyclic) bond motifs is 1. The van der Waals surface area contributed by atoms with Crippen molar-refractivity contribution in [2.45, 2.75) is 43.6 Å². The van der Waals surface area contributed by atoms with Gasteiger partial charge >= 0.3 is 6.36 Å². The number of nitrogen functional groups attached to an aromatic ring is 1. The van der Waals surface area contributed by atoms with E-state index in [1.165, 1.54) is 37.2 Å². The van der Waals surface area contributed by atoms with Gasteiger partial charge in [0.1, 0.15) is 0 Å². The molecular weight excluding hydrogens is 435 g/mol. The molecule has 1 saturated heterocycles. The SMILES string of the molecule is Nc1ncc(-c2cc([C@@]34C5C(N6CCOCC6)C[C@@H]3[C@H]54)n(CC3CC3)n2)cc1OC(F)(F)F. The van der Waals surface area contributed by atoms with Crippen LogP contribution in [0.4, 0.5) is 19.0 Å². The van der Waals surface area contributed by atoms with Crippen LogP contribution < -0.4 is 10.5 Å². The predicted molar refractivity (Wildman–Crippen MR) is 112 cm³/mol. The van der Waals surface area contributed by atoms with Gasteiger partial charge in [-0.05, 0) is 55.1 Å². The molecule has 6 fully saturated rings. The molecule has 10 heteroatoms. The highest BCUT2D eigenvalue weighted by Gasteiger charge is 2.93. The molecule has 3 heterocycles. The van der Waals surface area contributed by atoms with E-state index < -0.39 is 12.1 Å². The molecule has 176 valence electrons. The van der Waals surface area contributed by atoms with Crippen molar-refractivity contribution in [2.24, 2.45) is 23.7 Å². The zero-order valence-electron chi connectivity index (χ0n) is 18.1. The van der Waals surface area contributed by atoms with Gasteiger partial charge in [-0.25, -0.2) is 4.98 Å². The fourth-order valence-corrected chi connectivity index (χ4v) is 6.87. The molecule has 7 nitrogen and oxygen atoms in total. The molecule has 0 radical (unpaired) electrons. The fraction of sp³-hybridized carbons (Fsp3) is 0.652. The normalized spacial score (nSPS) is 34.9. The van der Waals surface area contributed by atoms with Gasteiger partial charge in [0.05, 0.1) is 18.9 Å². The second kappa shape index (κ2) is 6.63. The van der Waals surface area contributed by atoms with Crippen LogP contribution in [0.15, 0.2) is 18.3 Å². The Bertz CT molecular complexity index is 1100. The highest BCUT2D eigenvalue weighted by atomic mass is 19.4. The number of rotatable bonds is 6. The van der Waals surface area contributed by atoms with Crippen LogP contribution in [0.1, 0.15) is 25.0 Å². The smallest absolute Gasteiger partial charge is 0.402 e. The van der Waals surface area contributed by atoms with Gasteiger partial charge in [-0.2, -0.15) is 5.10 Å². The summed E-state index contributed by atoms with van der Waals surface area (Å²) in [5.74, 6) is 1.96. The first-order valence-corrected chi connectivity index (χ1v) is 11.8. The average Bonchev–Trinajstić information content (AvgIpc) is 3.70. The number of nitrogens with two attached hydrogens (primary N) is 1. The number of ether oxygens (including phenoxy) is 2. The Labute approximate surface area is 189 Å². The molecule has 2 aromatic heterocycles. The monoisotopic (exact) mass is 461 g/mol. The Morgan fingerprint density at radius 1 is 1.18 bits per heavy atom. The Morgan fingerprint density at radius 2 is 1.97 bits per heavy atom. The van der Waals surface area contributed by atoms with Crippen molar-refractivity contribution < 1.29 is 22.6 Å². The second-order valence-electron chi connectivity index (χ2n) is 10.2. The second-order valence-corrected chi connectivity index (χ2v) is 10.2. The quantitative estimate of drug-likeness (QED) is 0.713. The number of morpholine rings is 1. The molecule has 2 bridgehead atoms. The summed E-state index contributed by atoms with van der Waals surface area (Å²) in [5, 5.41) is 4.86. The van der Waals surface area contributed by atoms with Crippen LogP contribution in [0.3, 0.4) is 0 Å². The molecule has 2 unspecified atom stereocenters. The minimum atomic E-state index is -4.83. The molecule has 6 aliphatic rings. The molecule has 2 aromatic rings. The van der Waals surface area contributed by atoms with Crippen molar-refractivity contribution in [3.63, 3.8) is 0 Å². The van der Waals surface area contributed by atoms with Gasteiger partial charge in [0.2, 0.25) is 0 Å². The maximum Gasteiger partial charge on any atom is 0.573 e. The lowest BCUT2D eigenvalue weighted by molar-refractivity contribution is -0.274. The maximum absolute atomic E-state index is 12.8. The summed E-state index contributed by atoms with van der Waals surface area (Å²) in [6, 6.07) is 3.99. The van der Waals surface area contributed by atoms with E-state index in [1.807, 2.05) is 0 Å². The summed E-state index contributed by atoms with van der Waals surface area (Å²) in [5.41, 5.74) is 8.22. The first-order chi connectivity index (χ1) is 15.9. The van der Waals surface area contributed by atoms with Crippen molar-refractivity contribution in [2.75, 3.05) is 32.0 Å². The predicted octanol–water partition coefficient (Wildman–Crippen LogP) is 3.05. The third-order valence-electron chi connectivity index (χ3n) is 8.50. The van der Waals surface area contributed by atoms with E-state index in [2.05, 4.69) is 25.4 Å². The van der Waals surface area contributed by atoms with Gasteiger partial charge in [0.25, 0.3) is 0 Å². The molecule has 33 heavy (non-hydrogen) atoms. The highest BCUT2D eigenvalue weighted by Crippen LogP contribution is 2.91. The maximum atomic E-state index is 12.8. The van der Waals surface area contributed by atoms with Gasteiger partial charge in [0, 0.05) is 48.5 Å². The van der Waals surface area contributed by atoms with Crippen LogP contribution in [-0.4, -0.2) is 58.4 Å². The summed E-state index contributed by atoms with van der Waals surface area (Å²) in [6.07, 6.45) is 0.300. The molecule has 5 atom stereocenters. The lowest BCUT2D eigenvalue weighted by atomic mass is 10.00. The molecule has 2 N–H and O–H groups in total. The van der Waals surface area contributed by atoms with Crippen LogP contribution in [0.25, 0.3) is 11.3 Å². The highest BCUT2D eigenvalue weighted by molar-refractivity contribution is 5.66. The van der Waals surface area contributed by atoms with Gasteiger partial charge in [-0.1, -0.05) is 0 Å². The molecule has 0 amide bonds. The fourth-order valence-electron chi connectivity index (χ4n) is 6.87. The van der Waals surface area contributed by atoms with Crippen LogP contribution in [0.5, 0.6) is 5.75 Å². The van der Waals surface area contributed by atoms with Gasteiger partial charge in [-0.15, -0.1) is 13.2 Å². The topological polar surface area (TPSA) is 78.4 Å². The van der Waals surface area contributed by atoms with Crippen LogP contribution in [-0.2, 0) is 16.7 Å². The number of anilines is 1. The third-order valence-corrected chi connectivity index (χ3v) is 8.50. The van der Waals surface area contributed by atoms with Gasteiger partial charge < -0.3 is 15.2 Å². The van der Waals surface area contributed by atoms with Crippen molar-refractivity contribution in [3.05, 3.63) is 24.0 Å². The number of pyridine rings is 1. The summed E-state index contributed by atoms with van der Waals surface area (Å²) >= 11 is 0. The molecule has 1 aliphatic heterocycles. The number of hydrogen-bond donors (Lipinski definition) is 1. The van der Waals surface area contributed by atoms with Crippen LogP contribution >= 0.6 is 0 Å². The Morgan fingerprint density at radius 3 is 2.67 bits per heavy atom. The van der Waals surface area contributed by atoms with E-state index in [-0.39, 0.29) is 11.2 Å². The number of hydrogen-bond acceptors (Lipinski definition) is 6. The standard InChI is InChI=1S/C23H26F3N5O2/c24-23(25,26)33-17-7-13(10-28-21(17)27)15-9-18(31(29-15)11-12-1-2-12)22-14-8-16(20(22)19(14)22)30-3-5-32-6-4-30/h7,9-10,12,14,16,19-20H,1-6,8,11H2,(H2,27,28)/t14-,16?,19-,20?,22+/m1/s1. The van der Waals surface area contributed by atoms with E-state index in [4.69, 9.17) is 15.6 Å². The molecule has 0 spiro atoms. The average molecular weight is 461 g/mol. The summed E-state index contributed by atoms with van der Waals surface area (Å²) < 4.78 is 50.1. The Hall–Kier alpha value is -2.33. The number of nitrogens with zero attached hydrogens (tertiary/aromatic N) is 4. The Kier molecular flexibility index (Phi) is 4.03. The third kappa shape index (κ3) is 3.02. The van der Waals surface area contributed by atoms with E-state index in [0.29, 0.717) is 35.1 Å². The van der Waals surface area contributed by atoms with Crippen molar-refractivity contribution in [3.8, 4) is 17.0 Å². The lowest BCUT2D eigenvalue weighted by Gasteiger charge is -2.32. The molecule has 5 saturated carbocycles. The first-order valence-electron chi connectivity index (χ1n) is 11.8.